The predicted octanol–water partition coefficient (Wildman–Crippen LogP) is 13.9. The number of hydrogen-bond donors (Lipinski definition) is 0. The molecule has 0 unspecified atom stereocenters. The van der Waals surface area contributed by atoms with Crippen LogP contribution in [0.15, 0.2) is 158 Å². The Balaban J connectivity index is 1.37. The lowest BCUT2D eigenvalue weighted by Crippen LogP contribution is -1.98. The number of benzene rings is 8. The Labute approximate surface area is 290 Å². The first-order valence-corrected chi connectivity index (χ1v) is 17.4. The summed E-state index contributed by atoms with van der Waals surface area (Å²) in [4.78, 5) is 0. The van der Waals surface area contributed by atoms with Gasteiger partial charge in [-0.2, -0.15) is 0 Å². The van der Waals surface area contributed by atoms with E-state index >= 15 is 0 Å². The number of fused-ring (bicyclic) bond motifs is 4. The van der Waals surface area contributed by atoms with E-state index in [0.717, 1.165) is 19.3 Å². The van der Waals surface area contributed by atoms with E-state index in [0.29, 0.717) is 12.8 Å². The molecule has 8 rings (SSSR count). The van der Waals surface area contributed by atoms with E-state index in [1.54, 1.807) is 0 Å². The van der Waals surface area contributed by atoms with Gasteiger partial charge in [0.25, 0.3) is 0 Å². The van der Waals surface area contributed by atoms with Crippen LogP contribution in [0.25, 0.3) is 76.5 Å². The molecule has 8 aromatic carbocycles. The first kappa shape index (κ1) is 30.8. The third-order valence-electron chi connectivity index (χ3n) is 10.0. The van der Waals surface area contributed by atoms with Gasteiger partial charge in [-0.25, -0.2) is 0 Å². The second-order valence-corrected chi connectivity index (χ2v) is 12.9. The summed E-state index contributed by atoms with van der Waals surface area (Å²) in [5, 5.41) is 10.0. The fourth-order valence-corrected chi connectivity index (χ4v) is 7.83. The molecule has 0 amide bonds. The van der Waals surface area contributed by atoms with Crippen molar-refractivity contribution in [2.75, 3.05) is 0 Å². The van der Waals surface area contributed by atoms with E-state index in [-0.39, 0.29) is 0 Å². The highest BCUT2D eigenvalue weighted by atomic mass is 14.2. The molecular weight excluding hydrogens is 589 g/mol. The zero-order chi connectivity index (χ0) is 33.2. The normalized spacial score (nSPS) is 12.2. The summed E-state index contributed by atoms with van der Waals surface area (Å²) in [7, 11) is 0. The van der Waals surface area contributed by atoms with Crippen molar-refractivity contribution in [3.63, 3.8) is 0 Å². The van der Waals surface area contributed by atoms with Gasteiger partial charge in [0, 0.05) is 0 Å². The van der Waals surface area contributed by atoms with E-state index in [4.69, 9.17) is 13.8 Å². The van der Waals surface area contributed by atoms with Crippen molar-refractivity contribution >= 4 is 54.2 Å². The van der Waals surface area contributed by atoms with Crippen LogP contribution in [0.5, 0.6) is 0 Å². The molecule has 0 saturated heterocycles. The van der Waals surface area contributed by atoms with Crippen molar-refractivity contribution in [2.24, 2.45) is 0 Å². The van der Waals surface area contributed by atoms with Crippen LogP contribution < -0.4 is 0 Å². The number of allylic oxidation sites excluding steroid dienone is 2. The van der Waals surface area contributed by atoms with Gasteiger partial charge in [0.05, 0.1) is 0 Å². The summed E-state index contributed by atoms with van der Waals surface area (Å²) in [6.45, 7) is 12.7. The molecule has 0 aliphatic rings. The summed E-state index contributed by atoms with van der Waals surface area (Å²) >= 11 is 0. The van der Waals surface area contributed by atoms with Gasteiger partial charge in [-0.15, -0.1) is 0 Å². The van der Waals surface area contributed by atoms with Crippen molar-refractivity contribution in [3.05, 3.63) is 183 Å². The van der Waals surface area contributed by atoms with Crippen LogP contribution in [-0.4, -0.2) is 0 Å². The zero-order valence-corrected chi connectivity index (χ0v) is 27.7. The highest BCUT2D eigenvalue weighted by Crippen LogP contribution is 2.44. The van der Waals surface area contributed by atoms with Crippen LogP contribution in [0.2, 0.25) is 0 Å². The predicted molar refractivity (Wildman–Crippen MR) is 212 cm³/mol. The fourth-order valence-electron chi connectivity index (χ4n) is 7.83. The maximum atomic E-state index is 6.45. The quantitative estimate of drug-likeness (QED) is 0.140. The van der Waals surface area contributed by atoms with Crippen LogP contribution in [0.4, 0.5) is 0 Å². The minimum atomic E-state index is 0.562. The Morgan fingerprint density at radius 3 is 1.18 bits per heavy atom. The summed E-state index contributed by atoms with van der Waals surface area (Å²) in [5.74, 6) is 0. The molecule has 49 heavy (non-hydrogen) atoms. The molecule has 8 aromatic rings. The van der Waals surface area contributed by atoms with E-state index in [1.807, 2.05) is 0 Å². The number of unbranched alkanes of at least 4 members (excludes halogenated alkanes) is 1. The fraction of sp³-hybridized carbons (Fsp3) is 0.102. The van der Waals surface area contributed by atoms with Crippen LogP contribution in [0.3, 0.4) is 0 Å². The Kier molecular flexibility index (Phi) is 8.54. The minimum Gasteiger partial charge on any atom is -0.0616 e. The molecule has 0 fully saturated rings. The molecule has 234 valence electrons. The molecular formula is C49H38. The Bertz CT molecular complexity index is 2480. The average molecular weight is 627 g/mol. The molecule has 0 nitrogen and oxygen atoms in total. The van der Waals surface area contributed by atoms with Crippen LogP contribution in [0, 0.1) is 13.8 Å². The maximum absolute atomic E-state index is 6.45. The van der Waals surface area contributed by atoms with Gasteiger partial charge in [0.1, 0.15) is 0 Å². The van der Waals surface area contributed by atoms with Gasteiger partial charge >= 0.3 is 0 Å². The van der Waals surface area contributed by atoms with Crippen molar-refractivity contribution in [3.8, 4) is 22.3 Å². The van der Waals surface area contributed by atoms with Crippen LogP contribution >= 0.6 is 0 Å². The third-order valence-corrected chi connectivity index (χ3v) is 10.0. The summed E-state index contributed by atoms with van der Waals surface area (Å²) in [6, 6.07) is 57.6. The molecule has 0 saturated carbocycles. The van der Waals surface area contributed by atoms with E-state index in [1.165, 1.54) is 87.6 Å². The Hall–Kier alpha value is -5.46. The molecule has 0 N–H and O–H groups in total. The topological polar surface area (TPSA) is 0 Å². The van der Waals surface area contributed by atoms with Gasteiger partial charge in [0.2, 0.25) is 0 Å². The lowest BCUT2D eigenvalue weighted by atomic mass is 9.82. The van der Waals surface area contributed by atoms with Crippen LogP contribution in [0.1, 0.15) is 43.2 Å². The molecule has 0 aliphatic heterocycles. The van der Waals surface area contributed by atoms with E-state index in [2.05, 4.69) is 158 Å². The van der Waals surface area contributed by atoms with Crippen molar-refractivity contribution < 1.29 is 0 Å². The average Bonchev–Trinajstić information content (AvgIpc) is 3.17. The standard InChI is InChI=1S/C49H38/c1-3-5-21-41(49-33-32-48(44-26-12-13-27-45(44)49)40-29-15-20-35-18-7-9-23-37(35)40)38(16-4-2)46-30-31-47(43-25-11-10-24-42(43)46)39-28-14-19-34-17-6-8-22-36(34)39/h1-2,6-15,17-20,22-33H,3-5,16,21H2/b41-38+. The Morgan fingerprint density at radius 1 is 0.327 bits per heavy atom. The molecule has 0 spiro atoms. The van der Waals surface area contributed by atoms with Crippen molar-refractivity contribution in [1.29, 1.82) is 0 Å². The second kappa shape index (κ2) is 13.6. The smallest absolute Gasteiger partial charge is 0.00987 e. The molecule has 0 aliphatic carbocycles. The summed E-state index contributed by atoms with van der Waals surface area (Å²) in [6.07, 6.45) is 3.74. The largest absolute Gasteiger partial charge is 0.0616 e. The molecule has 0 bridgehead atoms. The molecule has 0 heteroatoms. The first-order chi connectivity index (χ1) is 24.3. The summed E-state index contributed by atoms with van der Waals surface area (Å²) in [5.41, 5.74) is 10.2. The zero-order valence-electron chi connectivity index (χ0n) is 27.7. The minimum absolute atomic E-state index is 0.562. The molecule has 0 atom stereocenters. The number of hydrogen-bond acceptors (Lipinski definition) is 0. The SMILES string of the molecule is [CH]CCC/C(=C(/CC[CH])c1ccc(-c2cccc3ccccc23)c2ccccc12)c1ccc(-c2cccc3ccccc23)c2ccccc12. The van der Waals surface area contributed by atoms with Crippen molar-refractivity contribution in [2.45, 2.75) is 32.1 Å². The monoisotopic (exact) mass is 626 g/mol. The van der Waals surface area contributed by atoms with E-state index < -0.39 is 0 Å². The Morgan fingerprint density at radius 2 is 0.714 bits per heavy atom. The highest BCUT2D eigenvalue weighted by molar-refractivity contribution is 6.13. The molecule has 4 radical (unpaired) electrons. The third kappa shape index (κ3) is 5.62. The lowest BCUT2D eigenvalue weighted by molar-refractivity contribution is 0.876. The molecule has 0 heterocycles. The van der Waals surface area contributed by atoms with Gasteiger partial charge in [-0.05, 0) is 134 Å². The lowest BCUT2D eigenvalue weighted by Gasteiger charge is -2.22. The maximum Gasteiger partial charge on any atom is -0.00987 e. The van der Waals surface area contributed by atoms with Crippen LogP contribution in [-0.2, 0) is 0 Å². The van der Waals surface area contributed by atoms with E-state index in [9.17, 15) is 0 Å². The first-order valence-electron chi connectivity index (χ1n) is 17.4. The summed E-state index contributed by atoms with van der Waals surface area (Å²) < 4.78 is 0. The van der Waals surface area contributed by atoms with Gasteiger partial charge in [-0.1, -0.05) is 158 Å². The molecule has 0 aromatic heterocycles. The van der Waals surface area contributed by atoms with Crippen molar-refractivity contribution in [1.82, 2.24) is 0 Å². The van der Waals surface area contributed by atoms with Gasteiger partial charge < -0.3 is 0 Å². The van der Waals surface area contributed by atoms with Gasteiger partial charge in [-0.3, -0.25) is 0 Å². The highest BCUT2D eigenvalue weighted by Gasteiger charge is 2.19. The van der Waals surface area contributed by atoms with Gasteiger partial charge in [0.15, 0.2) is 0 Å². The number of rotatable bonds is 9. The second-order valence-electron chi connectivity index (χ2n) is 12.9.